The van der Waals surface area contributed by atoms with Crippen LogP contribution in [0.25, 0.3) is 21.2 Å². The molecule has 5 nitrogen and oxygen atoms in total. The van der Waals surface area contributed by atoms with E-state index in [-0.39, 0.29) is 5.75 Å². The molecule has 0 amide bonds. The smallest absolute Gasteiger partial charge is 0.313 e. The molecule has 2 heterocycles. The molecule has 0 bridgehead atoms. The third kappa shape index (κ3) is 5.23. The lowest BCUT2D eigenvalue weighted by molar-refractivity contribution is -0.133. The van der Waals surface area contributed by atoms with Gasteiger partial charge in [-0.25, -0.2) is 9.97 Å². The fraction of sp³-hybridized carbons (Fsp3) is 0.0952. The lowest BCUT2D eigenvalue weighted by atomic mass is 10.2. The molecule has 4 aromatic rings. The molecule has 2 aromatic carbocycles. The van der Waals surface area contributed by atoms with E-state index in [1.54, 1.807) is 28.2 Å². The number of nitrogens with zero attached hydrogens (tertiary/aromatic N) is 2. The SMILES string of the molecule is O=C(O)CS/C(=C\c1ccc(OCc2cscn2)cc1)c1nc2ccccc2s1. The number of hydrogen-bond donors (Lipinski definition) is 1. The van der Waals surface area contributed by atoms with Gasteiger partial charge in [-0.1, -0.05) is 24.3 Å². The number of hydrogen-bond acceptors (Lipinski definition) is 7. The zero-order valence-corrected chi connectivity index (χ0v) is 17.6. The van der Waals surface area contributed by atoms with Crippen LogP contribution in [0.4, 0.5) is 0 Å². The first-order valence-corrected chi connectivity index (χ1v) is 11.4. The molecule has 0 fully saturated rings. The molecular formula is C21H16N2O3S3. The van der Waals surface area contributed by atoms with E-state index in [9.17, 15) is 4.79 Å². The number of thiazole rings is 2. The molecule has 4 rings (SSSR count). The Morgan fingerprint density at radius 2 is 2.00 bits per heavy atom. The molecular weight excluding hydrogens is 424 g/mol. The largest absolute Gasteiger partial charge is 0.487 e. The van der Waals surface area contributed by atoms with Crippen molar-refractivity contribution in [1.29, 1.82) is 0 Å². The molecule has 0 atom stereocenters. The molecule has 0 aliphatic rings. The van der Waals surface area contributed by atoms with Crippen LogP contribution in [0.2, 0.25) is 0 Å². The Morgan fingerprint density at radius 1 is 1.17 bits per heavy atom. The molecule has 29 heavy (non-hydrogen) atoms. The van der Waals surface area contributed by atoms with Gasteiger partial charge in [0.1, 0.15) is 17.4 Å². The van der Waals surface area contributed by atoms with Crippen molar-refractivity contribution in [1.82, 2.24) is 9.97 Å². The number of rotatable bonds is 8. The van der Waals surface area contributed by atoms with Gasteiger partial charge in [0.2, 0.25) is 0 Å². The molecule has 0 spiro atoms. The summed E-state index contributed by atoms with van der Waals surface area (Å²) >= 11 is 4.38. The molecule has 0 saturated heterocycles. The van der Waals surface area contributed by atoms with E-state index in [2.05, 4.69) is 9.97 Å². The van der Waals surface area contributed by atoms with E-state index >= 15 is 0 Å². The van der Waals surface area contributed by atoms with Crippen LogP contribution >= 0.6 is 34.4 Å². The van der Waals surface area contributed by atoms with Gasteiger partial charge in [-0.2, -0.15) is 0 Å². The van der Waals surface area contributed by atoms with Gasteiger partial charge in [0.05, 0.1) is 27.2 Å². The van der Waals surface area contributed by atoms with Crippen LogP contribution in [0.1, 0.15) is 16.3 Å². The standard InChI is InChI=1S/C21H16N2O3S3/c24-20(25)12-28-19(21-23-17-3-1-2-4-18(17)29-21)9-14-5-7-16(8-6-14)26-10-15-11-27-13-22-15/h1-9,11,13H,10,12H2,(H,24,25)/b19-9-. The Labute approximate surface area is 179 Å². The topological polar surface area (TPSA) is 72.3 Å². The molecule has 0 aliphatic heterocycles. The first kappa shape index (κ1) is 19.6. The zero-order chi connectivity index (χ0) is 20.1. The van der Waals surface area contributed by atoms with Gasteiger partial charge < -0.3 is 9.84 Å². The van der Waals surface area contributed by atoms with E-state index in [4.69, 9.17) is 9.84 Å². The van der Waals surface area contributed by atoms with Gasteiger partial charge in [0.15, 0.2) is 0 Å². The number of ether oxygens (including phenoxy) is 1. The number of carboxylic acid groups (broad SMARTS) is 1. The van der Waals surface area contributed by atoms with Crippen molar-refractivity contribution in [2.45, 2.75) is 6.61 Å². The second-order valence-corrected chi connectivity index (χ2v) is 8.78. The van der Waals surface area contributed by atoms with E-state index in [1.807, 2.05) is 60.0 Å². The average molecular weight is 441 g/mol. The van der Waals surface area contributed by atoms with Crippen LogP contribution < -0.4 is 4.74 Å². The summed E-state index contributed by atoms with van der Waals surface area (Å²) in [5.74, 6) is -0.112. The molecule has 0 saturated carbocycles. The number of carbonyl (C=O) groups is 1. The maximum absolute atomic E-state index is 11.1. The molecule has 2 aromatic heterocycles. The molecule has 0 unspecified atom stereocenters. The number of fused-ring (bicyclic) bond motifs is 1. The van der Waals surface area contributed by atoms with Crippen LogP contribution in [0.15, 0.2) is 59.4 Å². The highest BCUT2D eigenvalue weighted by molar-refractivity contribution is 8.09. The molecule has 0 aliphatic carbocycles. The Kier molecular flexibility index (Phi) is 6.24. The fourth-order valence-corrected chi connectivity index (χ4v) is 4.95. The number of carboxylic acids is 1. The van der Waals surface area contributed by atoms with E-state index < -0.39 is 5.97 Å². The second kappa shape index (κ2) is 9.21. The van der Waals surface area contributed by atoms with Crippen LogP contribution in [-0.4, -0.2) is 26.8 Å². The first-order valence-electron chi connectivity index (χ1n) is 8.69. The Bertz CT molecular complexity index is 1100. The highest BCUT2D eigenvalue weighted by Gasteiger charge is 2.12. The highest BCUT2D eigenvalue weighted by atomic mass is 32.2. The Balaban J connectivity index is 1.55. The van der Waals surface area contributed by atoms with Crippen molar-refractivity contribution in [3.63, 3.8) is 0 Å². The van der Waals surface area contributed by atoms with Crippen molar-refractivity contribution >= 4 is 61.6 Å². The van der Waals surface area contributed by atoms with Gasteiger partial charge in [-0.15, -0.1) is 34.4 Å². The molecule has 146 valence electrons. The Hall–Kier alpha value is -2.68. The number of thioether (sulfide) groups is 1. The third-order valence-corrected chi connectivity index (χ3v) is 6.75. The summed E-state index contributed by atoms with van der Waals surface area (Å²) in [4.78, 5) is 20.8. The summed E-state index contributed by atoms with van der Waals surface area (Å²) in [6.45, 7) is 0.435. The van der Waals surface area contributed by atoms with Crippen molar-refractivity contribution < 1.29 is 14.6 Å². The highest BCUT2D eigenvalue weighted by Crippen LogP contribution is 2.35. The predicted molar refractivity (Wildman–Crippen MR) is 120 cm³/mol. The lowest BCUT2D eigenvalue weighted by Gasteiger charge is -2.06. The minimum absolute atomic E-state index is 0.0173. The molecule has 0 radical (unpaired) electrons. The predicted octanol–water partition coefficient (Wildman–Crippen LogP) is 5.65. The van der Waals surface area contributed by atoms with Crippen molar-refractivity contribution in [3.05, 3.63) is 75.7 Å². The Morgan fingerprint density at radius 3 is 2.72 bits per heavy atom. The summed E-state index contributed by atoms with van der Waals surface area (Å²) in [7, 11) is 0. The van der Waals surface area contributed by atoms with Crippen LogP contribution in [0.3, 0.4) is 0 Å². The van der Waals surface area contributed by atoms with E-state index in [1.165, 1.54) is 11.8 Å². The number of aliphatic carboxylic acids is 1. The summed E-state index contributed by atoms with van der Waals surface area (Å²) < 4.78 is 6.82. The summed E-state index contributed by atoms with van der Waals surface area (Å²) in [6, 6.07) is 15.6. The average Bonchev–Trinajstić information content (AvgIpc) is 3.39. The molecule has 8 heteroatoms. The maximum atomic E-state index is 11.1. The van der Waals surface area contributed by atoms with Crippen LogP contribution in [0.5, 0.6) is 5.75 Å². The van der Waals surface area contributed by atoms with Crippen LogP contribution in [-0.2, 0) is 11.4 Å². The summed E-state index contributed by atoms with van der Waals surface area (Å²) in [6.07, 6.45) is 1.97. The number of aromatic nitrogens is 2. The summed E-state index contributed by atoms with van der Waals surface area (Å²) in [5, 5.41) is 11.9. The maximum Gasteiger partial charge on any atom is 0.313 e. The second-order valence-electron chi connectivity index (χ2n) is 6.02. The van der Waals surface area contributed by atoms with E-state index in [0.717, 1.165) is 37.1 Å². The van der Waals surface area contributed by atoms with Crippen molar-refractivity contribution in [2.75, 3.05) is 5.75 Å². The van der Waals surface area contributed by atoms with Gasteiger partial charge in [-0.3, -0.25) is 4.79 Å². The van der Waals surface area contributed by atoms with E-state index in [0.29, 0.717) is 6.61 Å². The van der Waals surface area contributed by atoms with Gasteiger partial charge in [0, 0.05) is 10.3 Å². The normalized spacial score (nSPS) is 11.7. The first-order chi connectivity index (χ1) is 14.2. The quantitative estimate of drug-likeness (QED) is 0.382. The minimum Gasteiger partial charge on any atom is -0.487 e. The lowest BCUT2D eigenvalue weighted by Crippen LogP contribution is -1.98. The number of para-hydroxylation sites is 1. The van der Waals surface area contributed by atoms with Gasteiger partial charge >= 0.3 is 5.97 Å². The molecule has 1 N–H and O–H groups in total. The van der Waals surface area contributed by atoms with Crippen LogP contribution in [0, 0.1) is 0 Å². The third-order valence-electron chi connectivity index (χ3n) is 3.90. The fourth-order valence-electron chi connectivity index (χ4n) is 2.56. The zero-order valence-electron chi connectivity index (χ0n) is 15.1. The van der Waals surface area contributed by atoms with Gasteiger partial charge in [0.25, 0.3) is 0 Å². The van der Waals surface area contributed by atoms with Crippen molar-refractivity contribution in [3.8, 4) is 5.75 Å². The minimum atomic E-state index is -0.854. The summed E-state index contributed by atoms with van der Waals surface area (Å²) in [5.41, 5.74) is 4.56. The van der Waals surface area contributed by atoms with Gasteiger partial charge in [-0.05, 0) is 35.9 Å². The van der Waals surface area contributed by atoms with Crippen molar-refractivity contribution in [2.24, 2.45) is 0 Å². The number of benzene rings is 2. The monoisotopic (exact) mass is 440 g/mol.